The van der Waals surface area contributed by atoms with Crippen molar-refractivity contribution in [2.24, 2.45) is 0 Å². The maximum Gasteiger partial charge on any atom is 0.161 e. The highest BCUT2D eigenvalue weighted by molar-refractivity contribution is 5.87. The van der Waals surface area contributed by atoms with Crippen molar-refractivity contribution in [3.8, 4) is 34.3 Å². The van der Waals surface area contributed by atoms with Crippen molar-refractivity contribution < 1.29 is 9.47 Å². The fraction of sp³-hybridized carbons (Fsp3) is 0.194. The van der Waals surface area contributed by atoms with Crippen molar-refractivity contribution in [1.82, 2.24) is 24.9 Å². The van der Waals surface area contributed by atoms with Gasteiger partial charge in [0.25, 0.3) is 0 Å². The molecular weight excluding hydrogens is 502 g/mol. The average molecular weight is 532 g/mol. The van der Waals surface area contributed by atoms with Crippen molar-refractivity contribution in [1.29, 1.82) is 0 Å². The molecule has 3 aromatic heterocycles. The third-order valence-electron chi connectivity index (χ3n) is 7.55. The Bertz CT molecular complexity index is 1800. The number of methoxy groups -OCH3 is 2. The first kappa shape index (κ1) is 24.0. The van der Waals surface area contributed by atoms with E-state index in [1.165, 1.54) is 11.4 Å². The van der Waals surface area contributed by atoms with Gasteiger partial charge in [0, 0.05) is 61.1 Å². The van der Waals surface area contributed by atoms with Crippen LogP contribution in [0.1, 0.15) is 0 Å². The van der Waals surface area contributed by atoms with Gasteiger partial charge in [-0.25, -0.2) is 9.97 Å². The van der Waals surface area contributed by atoms with Crippen LogP contribution in [0.4, 0.5) is 11.4 Å². The number of aromatic nitrogens is 5. The van der Waals surface area contributed by atoms with Crippen molar-refractivity contribution in [3.05, 3.63) is 79.1 Å². The average Bonchev–Trinajstić information content (AvgIpc) is 3.65. The van der Waals surface area contributed by atoms with Crippen LogP contribution in [0.25, 0.3) is 44.8 Å². The fourth-order valence-corrected chi connectivity index (χ4v) is 5.39. The molecule has 0 unspecified atom stereocenters. The number of ether oxygens (including phenoxy) is 2. The summed E-state index contributed by atoms with van der Waals surface area (Å²) in [5.41, 5.74) is 8.17. The first-order chi connectivity index (χ1) is 19.7. The topological polar surface area (TPSA) is 95.2 Å². The number of piperazine rings is 1. The van der Waals surface area contributed by atoms with Gasteiger partial charge in [-0.2, -0.15) is 0 Å². The molecule has 0 saturated carbocycles. The molecule has 0 spiro atoms. The first-order valence-corrected chi connectivity index (χ1v) is 13.3. The van der Waals surface area contributed by atoms with Gasteiger partial charge in [-0.05, 0) is 66.7 Å². The quantitative estimate of drug-likeness (QED) is 0.293. The standard InChI is InChI=1S/C31H29N7O2/c1-39-28-8-4-21(18-29(28)40-2)31-33-24-6-3-20(17-26(24)35-31)30-34-25-7-5-23(19-27(25)36-30)38-15-13-37(14-16-38)22-9-11-32-12-10-22/h3-12,17-19H,13-16H2,1-2H3,(H,33,35)(H,34,36). The predicted molar refractivity (Wildman–Crippen MR) is 158 cm³/mol. The highest BCUT2D eigenvalue weighted by Crippen LogP contribution is 2.33. The molecule has 1 aliphatic heterocycles. The lowest BCUT2D eigenvalue weighted by Crippen LogP contribution is -2.46. The zero-order valence-corrected chi connectivity index (χ0v) is 22.4. The van der Waals surface area contributed by atoms with E-state index in [9.17, 15) is 0 Å². The number of H-pyrrole nitrogens is 2. The summed E-state index contributed by atoms with van der Waals surface area (Å²) in [5.74, 6) is 2.95. The maximum absolute atomic E-state index is 5.46. The number of hydrogen-bond donors (Lipinski definition) is 2. The van der Waals surface area contributed by atoms with Gasteiger partial charge in [0.05, 0.1) is 36.3 Å². The van der Waals surface area contributed by atoms with Crippen LogP contribution in [-0.4, -0.2) is 65.3 Å². The highest BCUT2D eigenvalue weighted by Gasteiger charge is 2.19. The lowest BCUT2D eigenvalue weighted by molar-refractivity contribution is 0.355. The molecular formula is C31H29N7O2. The Morgan fingerprint density at radius 3 is 1.85 bits per heavy atom. The molecule has 0 aliphatic carbocycles. The van der Waals surface area contributed by atoms with Crippen LogP contribution in [-0.2, 0) is 0 Å². The largest absolute Gasteiger partial charge is 0.493 e. The molecule has 1 fully saturated rings. The molecule has 40 heavy (non-hydrogen) atoms. The van der Waals surface area contributed by atoms with E-state index in [2.05, 4.69) is 67.2 Å². The fourth-order valence-electron chi connectivity index (χ4n) is 5.39. The summed E-state index contributed by atoms with van der Waals surface area (Å²) >= 11 is 0. The lowest BCUT2D eigenvalue weighted by Gasteiger charge is -2.37. The van der Waals surface area contributed by atoms with E-state index in [1.807, 2.05) is 36.7 Å². The molecule has 6 aromatic rings. The van der Waals surface area contributed by atoms with Gasteiger partial charge in [0.15, 0.2) is 11.5 Å². The van der Waals surface area contributed by atoms with Crippen molar-refractivity contribution >= 4 is 33.4 Å². The molecule has 3 aromatic carbocycles. The number of aromatic amines is 2. The second-order valence-electron chi connectivity index (χ2n) is 9.85. The molecule has 200 valence electrons. The molecule has 0 atom stereocenters. The molecule has 7 rings (SSSR count). The van der Waals surface area contributed by atoms with E-state index in [0.717, 1.165) is 71.0 Å². The van der Waals surface area contributed by atoms with Crippen LogP contribution in [0, 0.1) is 0 Å². The zero-order valence-electron chi connectivity index (χ0n) is 22.4. The smallest absolute Gasteiger partial charge is 0.161 e. The SMILES string of the molecule is COc1ccc(-c2nc3ccc(-c4nc5ccc(N6CCN(c7ccncc7)CC6)cc5[nH]4)cc3[nH]2)cc1OC. The second kappa shape index (κ2) is 9.92. The van der Waals surface area contributed by atoms with Gasteiger partial charge in [-0.15, -0.1) is 0 Å². The zero-order chi connectivity index (χ0) is 27.1. The number of benzene rings is 3. The van der Waals surface area contributed by atoms with Gasteiger partial charge in [0.1, 0.15) is 11.6 Å². The van der Waals surface area contributed by atoms with Crippen LogP contribution >= 0.6 is 0 Å². The van der Waals surface area contributed by atoms with Crippen molar-refractivity contribution in [2.45, 2.75) is 0 Å². The minimum atomic E-state index is 0.665. The van der Waals surface area contributed by atoms with Crippen LogP contribution in [0.2, 0.25) is 0 Å². The molecule has 9 heteroatoms. The lowest BCUT2D eigenvalue weighted by atomic mass is 10.2. The van der Waals surface area contributed by atoms with Gasteiger partial charge in [0.2, 0.25) is 0 Å². The van der Waals surface area contributed by atoms with E-state index >= 15 is 0 Å². The summed E-state index contributed by atoms with van der Waals surface area (Å²) in [4.78, 5) is 25.6. The number of imidazole rings is 2. The number of hydrogen-bond acceptors (Lipinski definition) is 7. The number of nitrogens with zero attached hydrogens (tertiary/aromatic N) is 5. The van der Waals surface area contributed by atoms with Crippen molar-refractivity contribution in [3.63, 3.8) is 0 Å². The highest BCUT2D eigenvalue weighted by atomic mass is 16.5. The Labute approximate surface area is 231 Å². The number of rotatable bonds is 6. The Hall–Kier alpha value is -5.05. The molecule has 0 amide bonds. The molecule has 1 aliphatic rings. The minimum absolute atomic E-state index is 0.665. The van der Waals surface area contributed by atoms with Crippen LogP contribution < -0.4 is 19.3 Å². The van der Waals surface area contributed by atoms with Crippen molar-refractivity contribution in [2.75, 3.05) is 50.2 Å². The predicted octanol–water partition coefficient (Wildman–Crippen LogP) is 5.51. The Kier molecular flexibility index (Phi) is 5.96. The summed E-state index contributed by atoms with van der Waals surface area (Å²) in [6.45, 7) is 3.89. The van der Waals surface area contributed by atoms with E-state index in [-0.39, 0.29) is 0 Å². The molecule has 0 radical (unpaired) electrons. The Morgan fingerprint density at radius 1 is 0.600 bits per heavy atom. The number of pyridine rings is 1. The number of fused-ring (bicyclic) bond motifs is 2. The third kappa shape index (κ3) is 4.35. The van der Waals surface area contributed by atoms with E-state index in [4.69, 9.17) is 19.4 Å². The first-order valence-electron chi connectivity index (χ1n) is 13.3. The van der Waals surface area contributed by atoms with E-state index < -0.39 is 0 Å². The summed E-state index contributed by atoms with van der Waals surface area (Å²) < 4.78 is 10.8. The molecule has 2 N–H and O–H groups in total. The van der Waals surface area contributed by atoms with Gasteiger partial charge < -0.3 is 29.2 Å². The summed E-state index contributed by atoms with van der Waals surface area (Å²) in [6.07, 6.45) is 3.71. The Balaban J connectivity index is 1.12. The molecule has 1 saturated heterocycles. The minimum Gasteiger partial charge on any atom is -0.493 e. The van der Waals surface area contributed by atoms with Gasteiger partial charge >= 0.3 is 0 Å². The summed E-state index contributed by atoms with van der Waals surface area (Å²) in [7, 11) is 3.26. The maximum atomic E-state index is 5.46. The van der Waals surface area contributed by atoms with Crippen LogP contribution in [0.3, 0.4) is 0 Å². The van der Waals surface area contributed by atoms with Crippen LogP contribution in [0.15, 0.2) is 79.1 Å². The molecule has 9 nitrogen and oxygen atoms in total. The third-order valence-corrected chi connectivity index (χ3v) is 7.55. The van der Waals surface area contributed by atoms with E-state index in [0.29, 0.717) is 11.5 Å². The molecule has 4 heterocycles. The number of nitrogens with one attached hydrogen (secondary N) is 2. The van der Waals surface area contributed by atoms with E-state index in [1.54, 1.807) is 14.2 Å². The summed E-state index contributed by atoms with van der Waals surface area (Å²) in [6, 6.07) is 22.6. The van der Waals surface area contributed by atoms with Crippen LogP contribution in [0.5, 0.6) is 11.5 Å². The number of anilines is 2. The second-order valence-corrected chi connectivity index (χ2v) is 9.85. The monoisotopic (exact) mass is 531 g/mol. The summed E-state index contributed by atoms with van der Waals surface area (Å²) in [5, 5.41) is 0. The van der Waals surface area contributed by atoms with Gasteiger partial charge in [-0.1, -0.05) is 0 Å². The van der Waals surface area contributed by atoms with Gasteiger partial charge in [-0.3, -0.25) is 4.98 Å². The Morgan fingerprint density at radius 2 is 1.18 bits per heavy atom. The molecule has 0 bridgehead atoms. The normalized spacial score (nSPS) is 13.8.